The molecule has 120 valence electrons. The normalized spacial score (nSPS) is 8.83. The minimum Gasteiger partial charge on any atom is -0.436 e. The van der Waals surface area contributed by atoms with Gasteiger partial charge in [0.05, 0.1) is 5.88 Å². The van der Waals surface area contributed by atoms with E-state index in [-0.39, 0.29) is 12.5 Å². The Labute approximate surface area is 145 Å². The average Bonchev–Trinajstić information content (AvgIpc) is 2.53. The summed E-state index contributed by atoms with van der Waals surface area (Å²) in [6.07, 6.45) is 1.21. The molecule has 0 saturated heterocycles. The van der Waals surface area contributed by atoms with E-state index in [1.165, 1.54) is 0 Å². The van der Waals surface area contributed by atoms with Gasteiger partial charge < -0.3 is 4.74 Å². The number of alkyl halides is 1. The highest BCUT2D eigenvalue weighted by Gasteiger charge is 2.01. The van der Waals surface area contributed by atoms with E-state index in [0.29, 0.717) is 10.7 Å². The van der Waals surface area contributed by atoms with Crippen LogP contribution in [0.25, 0.3) is 0 Å². The van der Waals surface area contributed by atoms with E-state index in [4.69, 9.17) is 27.9 Å². The van der Waals surface area contributed by atoms with Crippen molar-refractivity contribution >= 4 is 35.0 Å². The van der Waals surface area contributed by atoms with Crippen molar-refractivity contribution in [2.24, 2.45) is 0 Å². The van der Waals surface area contributed by atoms with E-state index in [0.717, 1.165) is 5.69 Å². The number of carbonyl (C=O) groups excluding carboxylic acids is 1. The predicted octanol–water partition coefficient (Wildman–Crippen LogP) is 4.52. The Morgan fingerprint density at radius 1 is 1.26 bits per heavy atom. The van der Waals surface area contributed by atoms with Crippen molar-refractivity contribution in [3.8, 4) is 11.8 Å². The van der Waals surface area contributed by atoms with Crippen molar-refractivity contribution in [2.45, 2.75) is 6.92 Å². The van der Waals surface area contributed by atoms with Crippen LogP contribution in [0.1, 0.15) is 5.69 Å². The molecule has 0 atom stereocenters. The number of aromatic nitrogens is 1. The lowest BCUT2D eigenvalue weighted by Crippen LogP contribution is -2.13. The molecule has 6 heteroatoms. The Morgan fingerprint density at radius 3 is 2.65 bits per heavy atom. The monoisotopic (exact) mass is 350 g/mol. The highest BCUT2D eigenvalue weighted by Crippen LogP contribution is 2.14. The molecule has 0 bridgehead atoms. The number of nitrogens with zero attached hydrogens (tertiary/aromatic N) is 1. The number of amides is 1. The van der Waals surface area contributed by atoms with E-state index in [1.54, 1.807) is 30.5 Å². The van der Waals surface area contributed by atoms with Crippen molar-refractivity contribution < 1.29 is 9.53 Å². The molecular formula is C17H16Cl2N2O2. The van der Waals surface area contributed by atoms with Gasteiger partial charge in [-0.25, -0.2) is 4.79 Å². The first-order valence-corrected chi connectivity index (χ1v) is 7.61. The zero-order chi connectivity index (χ0) is 16.9. The van der Waals surface area contributed by atoms with Gasteiger partial charge in [0.1, 0.15) is 0 Å². The third-order valence-electron chi connectivity index (χ3n) is 2.35. The van der Waals surface area contributed by atoms with Gasteiger partial charge in [-0.3, -0.25) is 10.3 Å². The van der Waals surface area contributed by atoms with Crippen LogP contribution in [0, 0.1) is 18.8 Å². The molecule has 2 aromatic rings. The van der Waals surface area contributed by atoms with Gasteiger partial charge in [0.25, 0.3) is 0 Å². The van der Waals surface area contributed by atoms with Gasteiger partial charge in [0, 0.05) is 22.6 Å². The fourth-order valence-electron chi connectivity index (χ4n) is 1.37. The smallest absolute Gasteiger partial charge is 0.412 e. The van der Waals surface area contributed by atoms with Crippen LogP contribution in [-0.4, -0.2) is 23.6 Å². The largest absolute Gasteiger partial charge is 0.436 e. The summed E-state index contributed by atoms with van der Waals surface area (Å²) in [5.74, 6) is 5.36. The minimum absolute atomic E-state index is 0.0130. The fraction of sp³-hybridized carbons (Fsp3) is 0.176. The van der Waals surface area contributed by atoms with Gasteiger partial charge in [-0.15, -0.1) is 11.6 Å². The molecule has 23 heavy (non-hydrogen) atoms. The summed E-state index contributed by atoms with van der Waals surface area (Å²) in [6.45, 7) is 1.99. The van der Waals surface area contributed by atoms with E-state index < -0.39 is 6.09 Å². The molecule has 0 aliphatic heterocycles. The maximum Gasteiger partial charge on any atom is 0.412 e. The molecule has 2 rings (SSSR count). The summed E-state index contributed by atoms with van der Waals surface area (Å²) in [5, 5.41) is 3.05. The van der Waals surface area contributed by atoms with Crippen molar-refractivity contribution in [3.63, 3.8) is 0 Å². The molecule has 1 aromatic carbocycles. The molecule has 0 radical (unpaired) electrons. The number of anilines is 1. The molecule has 0 unspecified atom stereocenters. The van der Waals surface area contributed by atoms with Crippen LogP contribution in [0.4, 0.5) is 10.5 Å². The predicted molar refractivity (Wildman–Crippen MR) is 93.9 cm³/mol. The number of aryl methyl sites for hydroxylation is 1. The van der Waals surface area contributed by atoms with E-state index >= 15 is 0 Å². The first-order valence-electron chi connectivity index (χ1n) is 6.70. The van der Waals surface area contributed by atoms with E-state index in [9.17, 15) is 4.79 Å². The molecule has 0 saturated carbocycles. The Hall–Kier alpha value is -2.22. The fourth-order valence-corrected chi connectivity index (χ4v) is 1.65. The molecule has 4 nitrogen and oxygen atoms in total. The summed E-state index contributed by atoms with van der Waals surface area (Å²) in [7, 11) is 0. The quantitative estimate of drug-likeness (QED) is 0.639. The van der Waals surface area contributed by atoms with Crippen LogP contribution in [0.3, 0.4) is 0 Å². The molecule has 0 fully saturated rings. The summed E-state index contributed by atoms with van der Waals surface area (Å²) in [4.78, 5) is 15.2. The topological polar surface area (TPSA) is 51.2 Å². The molecule has 0 spiro atoms. The number of rotatable bonds is 2. The number of hydrogen-bond donors (Lipinski definition) is 1. The Balaban J connectivity index is 0.000000313. The van der Waals surface area contributed by atoms with Crippen LogP contribution in [0.2, 0.25) is 5.02 Å². The summed E-state index contributed by atoms with van der Waals surface area (Å²) in [6, 6.07) is 12.6. The van der Waals surface area contributed by atoms with Crippen LogP contribution in [0.5, 0.6) is 0 Å². The molecule has 1 heterocycles. The molecule has 1 aromatic heterocycles. The summed E-state index contributed by atoms with van der Waals surface area (Å²) in [5.41, 5.74) is 1.64. The maximum atomic E-state index is 11.2. The molecular weight excluding hydrogens is 335 g/mol. The first-order chi connectivity index (χ1) is 11.1. The van der Waals surface area contributed by atoms with E-state index in [2.05, 4.69) is 22.1 Å². The Kier molecular flexibility index (Phi) is 9.30. The molecule has 0 aliphatic carbocycles. The number of carbonyl (C=O) groups is 1. The maximum absolute atomic E-state index is 11.2. The third-order valence-corrected chi connectivity index (χ3v) is 2.72. The number of pyridine rings is 1. The van der Waals surface area contributed by atoms with Gasteiger partial charge in [-0.1, -0.05) is 35.6 Å². The van der Waals surface area contributed by atoms with Crippen molar-refractivity contribution in [3.05, 3.63) is 59.4 Å². The molecule has 1 N–H and O–H groups in total. The standard InChI is InChI=1S/C11H9Cl2NO2.C6H7N/c12-6-1-2-7-16-11(15)14-10-5-3-4-9(13)8-10;1-6-4-2-3-5-7-6/h3-5,8H,6-7H2,(H,14,15);2-5H,1H3. The van der Waals surface area contributed by atoms with Crippen molar-refractivity contribution in [1.29, 1.82) is 0 Å². The third kappa shape index (κ3) is 9.41. The Bertz CT molecular complexity index is 667. The number of ether oxygens (including phenoxy) is 1. The second-order valence-electron chi connectivity index (χ2n) is 4.17. The average molecular weight is 351 g/mol. The van der Waals surface area contributed by atoms with E-state index in [1.807, 2.05) is 25.1 Å². The van der Waals surface area contributed by atoms with Crippen LogP contribution < -0.4 is 5.32 Å². The van der Waals surface area contributed by atoms with Gasteiger partial charge >= 0.3 is 6.09 Å². The number of benzene rings is 1. The van der Waals surface area contributed by atoms with Crippen molar-refractivity contribution in [1.82, 2.24) is 4.98 Å². The molecule has 1 amide bonds. The summed E-state index contributed by atoms with van der Waals surface area (Å²) >= 11 is 11.1. The number of halogens is 2. The van der Waals surface area contributed by atoms with Crippen LogP contribution in [-0.2, 0) is 4.74 Å². The summed E-state index contributed by atoms with van der Waals surface area (Å²) < 4.78 is 4.76. The van der Waals surface area contributed by atoms with Gasteiger partial charge in [0.2, 0.25) is 0 Å². The second kappa shape index (κ2) is 11.4. The number of hydrogen-bond acceptors (Lipinski definition) is 3. The number of nitrogens with one attached hydrogen (secondary N) is 1. The minimum atomic E-state index is -0.578. The zero-order valence-electron chi connectivity index (χ0n) is 12.6. The highest BCUT2D eigenvalue weighted by atomic mass is 35.5. The zero-order valence-corrected chi connectivity index (χ0v) is 14.1. The highest BCUT2D eigenvalue weighted by molar-refractivity contribution is 6.30. The van der Waals surface area contributed by atoms with Crippen LogP contribution in [0.15, 0.2) is 48.7 Å². The van der Waals surface area contributed by atoms with Gasteiger partial charge in [0.15, 0.2) is 6.61 Å². The van der Waals surface area contributed by atoms with Gasteiger partial charge in [-0.05, 0) is 37.3 Å². The van der Waals surface area contributed by atoms with Gasteiger partial charge in [-0.2, -0.15) is 0 Å². The lowest BCUT2D eigenvalue weighted by atomic mass is 10.3. The Morgan fingerprint density at radius 2 is 2.09 bits per heavy atom. The lowest BCUT2D eigenvalue weighted by molar-refractivity contribution is 0.176. The van der Waals surface area contributed by atoms with Crippen LogP contribution >= 0.6 is 23.2 Å². The SMILES string of the molecule is Cc1ccccn1.O=C(Nc1cccc(Cl)c1)OCC#CCCl. The molecule has 0 aliphatic rings. The second-order valence-corrected chi connectivity index (χ2v) is 4.87. The van der Waals surface area contributed by atoms with Crippen molar-refractivity contribution in [2.75, 3.05) is 17.8 Å². The lowest BCUT2D eigenvalue weighted by Gasteiger charge is -2.04. The first kappa shape index (κ1) is 18.8.